The number of hydrogen-bond acceptors (Lipinski definition) is 4. The van der Waals surface area contributed by atoms with Gasteiger partial charge >= 0.3 is 0 Å². The molecule has 1 aromatic carbocycles. The first-order valence-corrected chi connectivity index (χ1v) is 5.43. The number of rotatable bonds is 8. The van der Waals surface area contributed by atoms with E-state index in [2.05, 4.69) is 6.58 Å². The fourth-order valence-corrected chi connectivity index (χ4v) is 1.30. The molecule has 0 fully saturated rings. The van der Waals surface area contributed by atoms with Gasteiger partial charge in [-0.05, 0) is 5.56 Å². The maximum atomic E-state index is 9.05. The third-order valence-corrected chi connectivity index (χ3v) is 2.19. The van der Waals surface area contributed by atoms with Gasteiger partial charge in [-0.15, -0.1) is 6.58 Å². The normalized spacial score (nSPS) is 14.2. The highest BCUT2D eigenvalue weighted by atomic mass is 16.7. The highest BCUT2D eigenvalue weighted by Gasteiger charge is 2.07. The van der Waals surface area contributed by atoms with Crippen LogP contribution in [0.15, 0.2) is 43.0 Å². The van der Waals surface area contributed by atoms with Crippen LogP contribution in [0.2, 0.25) is 0 Å². The quantitative estimate of drug-likeness (QED) is 0.406. The molecule has 0 saturated heterocycles. The minimum absolute atomic E-state index is 0.0443. The molecule has 0 radical (unpaired) electrons. The smallest absolute Gasteiger partial charge is 0.148 e. The number of benzene rings is 1. The zero-order chi connectivity index (χ0) is 12.5. The van der Waals surface area contributed by atoms with Crippen LogP contribution in [0, 0.1) is 0 Å². The first-order chi connectivity index (χ1) is 8.27. The Morgan fingerprint density at radius 2 is 2.00 bits per heavy atom. The molecule has 0 aliphatic carbocycles. The molecule has 94 valence electrons. The second-order valence-electron chi connectivity index (χ2n) is 3.56. The van der Waals surface area contributed by atoms with Crippen LogP contribution in [-0.4, -0.2) is 36.3 Å². The van der Waals surface area contributed by atoms with Gasteiger partial charge in [0.1, 0.15) is 19.0 Å². The van der Waals surface area contributed by atoms with Crippen molar-refractivity contribution in [3.05, 3.63) is 48.6 Å². The van der Waals surface area contributed by atoms with Crippen molar-refractivity contribution in [2.75, 3.05) is 20.0 Å². The minimum Gasteiger partial charge on any atom is -0.394 e. The molecule has 0 aliphatic heterocycles. The summed E-state index contributed by atoms with van der Waals surface area (Å²) in [7, 11) is 0. The maximum Gasteiger partial charge on any atom is 0.148 e. The Balaban J connectivity index is 2.31. The lowest BCUT2D eigenvalue weighted by Gasteiger charge is -2.15. The zero-order valence-electron chi connectivity index (χ0n) is 9.66. The van der Waals surface area contributed by atoms with Gasteiger partial charge in [0.15, 0.2) is 0 Å². The second-order valence-corrected chi connectivity index (χ2v) is 3.56. The van der Waals surface area contributed by atoms with Crippen LogP contribution in [0.5, 0.6) is 0 Å². The number of ether oxygens (including phenoxy) is 2. The Kier molecular flexibility index (Phi) is 6.50. The van der Waals surface area contributed by atoms with Crippen LogP contribution >= 0.6 is 0 Å². The van der Waals surface area contributed by atoms with Gasteiger partial charge in [0.25, 0.3) is 0 Å². The lowest BCUT2D eigenvalue weighted by molar-refractivity contribution is -0.102. The molecule has 1 rings (SSSR count). The van der Waals surface area contributed by atoms with Gasteiger partial charge in [-0.1, -0.05) is 36.4 Å². The van der Waals surface area contributed by atoms with Gasteiger partial charge in [-0.25, -0.2) is 0 Å². The van der Waals surface area contributed by atoms with E-state index in [4.69, 9.17) is 19.7 Å². The molecule has 2 atom stereocenters. The van der Waals surface area contributed by atoms with Crippen LogP contribution in [-0.2, 0) is 9.47 Å². The predicted octanol–water partition coefficient (Wildman–Crippen LogP) is 1.26. The Hall–Kier alpha value is -1.20. The van der Waals surface area contributed by atoms with Gasteiger partial charge in [-0.2, -0.15) is 0 Å². The third-order valence-electron chi connectivity index (χ3n) is 2.19. The van der Waals surface area contributed by atoms with Crippen molar-refractivity contribution in [3.8, 4) is 0 Å². The van der Waals surface area contributed by atoms with Crippen LogP contribution in [0.3, 0.4) is 0 Å². The Morgan fingerprint density at radius 3 is 2.59 bits per heavy atom. The lowest BCUT2D eigenvalue weighted by atomic mass is 10.1. The maximum absolute atomic E-state index is 9.05. The molecule has 17 heavy (non-hydrogen) atoms. The van der Waals surface area contributed by atoms with E-state index in [-0.39, 0.29) is 26.1 Å². The van der Waals surface area contributed by atoms with Gasteiger partial charge in [0, 0.05) is 0 Å². The summed E-state index contributed by atoms with van der Waals surface area (Å²) in [4.78, 5) is 0. The monoisotopic (exact) mass is 238 g/mol. The molecule has 0 heterocycles. The van der Waals surface area contributed by atoms with E-state index in [0.717, 1.165) is 5.56 Å². The van der Waals surface area contributed by atoms with Gasteiger partial charge < -0.3 is 19.7 Å². The highest BCUT2D eigenvalue weighted by molar-refractivity contribution is 5.20. The van der Waals surface area contributed by atoms with Gasteiger partial charge in [-0.3, -0.25) is 0 Å². The Bertz CT molecular complexity index is 312. The van der Waals surface area contributed by atoms with E-state index in [1.54, 1.807) is 6.08 Å². The van der Waals surface area contributed by atoms with Crippen molar-refractivity contribution >= 4 is 0 Å². The average molecular weight is 238 g/mol. The molecule has 2 unspecified atom stereocenters. The fraction of sp³-hybridized carbons (Fsp3) is 0.385. The highest BCUT2D eigenvalue weighted by Crippen LogP contribution is 2.17. The van der Waals surface area contributed by atoms with Crippen LogP contribution < -0.4 is 0 Å². The lowest BCUT2D eigenvalue weighted by Crippen LogP contribution is -2.20. The summed E-state index contributed by atoms with van der Waals surface area (Å²) in [6, 6.07) is 9.65. The average Bonchev–Trinajstić information content (AvgIpc) is 2.39. The van der Waals surface area contributed by atoms with E-state index >= 15 is 0 Å². The van der Waals surface area contributed by atoms with Crippen LogP contribution in [0.4, 0.5) is 0 Å². The number of aliphatic hydroxyl groups is 2. The van der Waals surface area contributed by atoms with E-state index in [1.165, 1.54) is 0 Å². The van der Waals surface area contributed by atoms with Crippen molar-refractivity contribution in [1.82, 2.24) is 0 Å². The SMILES string of the molecule is C=CC(OCOCC(O)CO)c1ccccc1. The minimum atomic E-state index is -0.863. The summed E-state index contributed by atoms with van der Waals surface area (Å²) in [5.74, 6) is 0. The standard InChI is InChI=1S/C13H18O4/c1-2-13(11-6-4-3-5-7-11)17-10-16-9-12(15)8-14/h2-7,12-15H,1,8-10H2. The molecule has 0 spiro atoms. The summed E-state index contributed by atoms with van der Waals surface area (Å²) in [6.07, 6.45) is 0.584. The molecule has 0 saturated carbocycles. The van der Waals surface area contributed by atoms with Crippen molar-refractivity contribution < 1.29 is 19.7 Å². The molecule has 1 aromatic rings. The van der Waals surface area contributed by atoms with Gasteiger partial charge in [0.05, 0.1) is 13.2 Å². The topological polar surface area (TPSA) is 58.9 Å². The van der Waals surface area contributed by atoms with E-state index in [9.17, 15) is 0 Å². The molecule has 0 aromatic heterocycles. The summed E-state index contributed by atoms with van der Waals surface area (Å²) in [5, 5.41) is 17.6. The molecule has 0 aliphatic rings. The molecular formula is C13H18O4. The van der Waals surface area contributed by atoms with Crippen molar-refractivity contribution in [2.24, 2.45) is 0 Å². The Morgan fingerprint density at radius 1 is 1.29 bits per heavy atom. The molecule has 4 nitrogen and oxygen atoms in total. The first-order valence-electron chi connectivity index (χ1n) is 5.43. The first kappa shape index (κ1) is 13.9. The summed E-state index contributed by atoms with van der Waals surface area (Å²) < 4.78 is 10.5. The number of hydrogen-bond donors (Lipinski definition) is 2. The van der Waals surface area contributed by atoms with E-state index < -0.39 is 6.10 Å². The van der Waals surface area contributed by atoms with E-state index in [1.807, 2.05) is 30.3 Å². The van der Waals surface area contributed by atoms with E-state index in [0.29, 0.717) is 0 Å². The number of aliphatic hydroxyl groups excluding tert-OH is 2. The second kappa shape index (κ2) is 7.97. The van der Waals surface area contributed by atoms with Crippen molar-refractivity contribution in [3.63, 3.8) is 0 Å². The zero-order valence-corrected chi connectivity index (χ0v) is 9.66. The van der Waals surface area contributed by atoms with Crippen molar-refractivity contribution in [2.45, 2.75) is 12.2 Å². The molecule has 2 N–H and O–H groups in total. The summed E-state index contributed by atoms with van der Waals surface area (Å²) in [5.41, 5.74) is 0.994. The Labute approximate surface area is 101 Å². The van der Waals surface area contributed by atoms with Gasteiger partial charge in [0.2, 0.25) is 0 Å². The largest absolute Gasteiger partial charge is 0.394 e. The van der Waals surface area contributed by atoms with Crippen LogP contribution in [0.1, 0.15) is 11.7 Å². The molecule has 0 bridgehead atoms. The molecule has 0 amide bonds. The predicted molar refractivity (Wildman–Crippen MR) is 64.4 cm³/mol. The summed E-state index contributed by atoms with van der Waals surface area (Å²) >= 11 is 0. The van der Waals surface area contributed by atoms with Crippen LogP contribution in [0.25, 0.3) is 0 Å². The summed E-state index contributed by atoms with van der Waals surface area (Å²) in [6.45, 7) is 3.48. The third kappa shape index (κ3) is 5.10. The molecule has 4 heteroatoms. The fourth-order valence-electron chi connectivity index (χ4n) is 1.30. The van der Waals surface area contributed by atoms with Crippen molar-refractivity contribution in [1.29, 1.82) is 0 Å². The molecular weight excluding hydrogens is 220 g/mol.